The monoisotopic (exact) mass is 746 g/mol. The summed E-state index contributed by atoms with van der Waals surface area (Å²) in [7, 11) is 6.27. The van der Waals surface area contributed by atoms with Gasteiger partial charge in [-0.1, -0.05) is 41.5 Å². The van der Waals surface area contributed by atoms with Crippen molar-refractivity contribution in [1.82, 2.24) is 4.90 Å². The van der Waals surface area contributed by atoms with Gasteiger partial charge in [0, 0.05) is 63.3 Å². The first kappa shape index (κ1) is 29.0. The number of anilines is 1. The summed E-state index contributed by atoms with van der Waals surface area (Å²) in [6.45, 7) is 4.03. The highest BCUT2D eigenvalue weighted by atomic mass is 16.5. The SMILES string of the molecule is COCCOCCN1CC23CC4C=c5cc6cc7cc8cc9c%10c%11c%12c(c%13c%14c%15c(c5c5c6c7c6c8c%10c(c%12%14)c6c%155)[C@@H]4C=%132)=C(CC=%11C9)C3C1c1ccccc1N(C)C. The first-order valence-electron chi connectivity index (χ1n) is 21.9. The topological polar surface area (TPSA) is 24.9 Å². The molecule has 58 heavy (non-hydrogen) atoms. The molecule has 0 N–H and O–H groups in total. The van der Waals surface area contributed by atoms with Crippen molar-refractivity contribution in [3.63, 3.8) is 0 Å². The van der Waals surface area contributed by atoms with Gasteiger partial charge >= 0.3 is 0 Å². The maximum atomic E-state index is 6.34. The highest BCUT2D eigenvalue weighted by molar-refractivity contribution is 6.59. The Morgan fingerprint density at radius 1 is 0.707 bits per heavy atom. The zero-order chi connectivity index (χ0) is 37.1. The number of nitrogens with zero attached hydrogens (tertiary/aromatic N) is 2. The van der Waals surface area contributed by atoms with Crippen molar-refractivity contribution in [2.45, 2.75) is 31.2 Å². The Labute approximate surface area is 332 Å². The number of hydrogen-bond acceptors (Lipinski definition) is 4. The lowest BCUT2D eigenvalue weighted by atomic mass is 9.61. The van der Waals surface area contributed by atoms with Gasteiger partial charge in [0.2, 0.25) is 0 Å². The summed E-state index contributed by atoms with van der Waals surface area (Å²) in [4.78, 5) is 5.28. The van der Waals surface area contributed by atoms with Crippen LogP contribution in [0.15, 0.2) is 48.5 Å². The number of fused-ring (bicyclic) bond motifs is 1. The van der Waals surface area contributed by atoms with Crippen molar-refractivity contribution in [2.75, 3.05) is 59.0 Å². The fraction of sp³-hybridized carbons (Fsp3) is 0.296. The minimum absolute atomic E-state index is 0.0563. The first-order valence-corrected chi connectivity index (χ1v) is 21.9. The van der Waals surface area contributed by atoms with Crippen molar-refractivity contribution in [3.8, 4) is 0 Å². The van der Waals surface area contributed by atoms with Gasteiger partial charge in [0.25, 0.3) is 0 Å². The van der Waals surface area contributed by atoms with Crippen molar-refractivity contribution >= 4 is 125 Å². The molecule has 0 bridgehead atoms. The summed E-state index contributed by atoms with van der Waals surface area (Å²) >= 11 is 0. The Morgan fingerprint density at radius 2 is 1.45 bits per heavy atom. The standard InChI is InChI=1S/C54H38N2O2/c1-55(2)30-7-5-4-6-28(30)53-51-29-18-26-16-23-14-24-13-21-12-22-15-25-17-27-19-54(51,20-56(53)8-9-58-11-10-57-3)52-37(27)42-36(25)41-32(22)31(21)39-35(24)40-33(23)34(26)43-38(29)50(52)49-47(42)45(41)44(39)46(40)48(43)49/h4-7,12-15,17,27,37,51,53H,8-11,16,18-20H2,1-3H3/t27?,37-,51?,53?,54?/m1/s1. The molecule has 1 saturated carbocycles. The Balaban J connectivity index is 1.09. The molecule has 1 aliphatic heterocycles. The molecule has 2 fully saturated rings. The summed E-state index contributed by atoms with van der Waals surface area (Å²) in [5, 5.41) is 35.3. The Hall–Kier alpha value is -5.26. The van der Waals surface area contributed by atoms with E-state index < -0.39 is 0 Å². The molecular formula is C54H38N2O2. The van der Waals surface area contributed by atoms with Crippen molar-refractivity contribution < 1.29 is 9.47 Å². The molecule has 0 aromatic heterocycles. The molecule has 1 saturated heterocycles. The van der Waals surface area contributed by atoms with Gasteiger partial charge in [-0.15, -0.1) is 0 Å². The van der Waals surface area contributed by atoms with Crippen LogP contribution in [0.1, 0.15) is 41.5 Å². The average molecular weight is 747 g/mol. The molecule has 0 amide bonds. The van der Waals surface area contributed by atoms with Crippen LogP contribution in [0.4, 0.5) is 5.69 Å². The molecule has 0 radical (unpaired) electrons. The van der Waals surface area contributed by atoms with Crippen LogP contribution in [0.25, 0.3) is 120 Å². The van der Waals surface area contributed by atoms with Gasteiger partial charge in [-0.3, -0.25) is 4.90 Å². The summed E-state index contributed by atoms with van der Waals surface area (Å²) in [5.74, 6) is 1.36. The van der Waals surface area contributed by atoms with Crippen LogP contribution in [0.3, 0.4) is 0 Å². The second-order valence-electron chi connectivity index (χ2n) is 20.1. The fourth-order valence-electron chi connectivity index (χ4n) is 16.9. The minimum Gasteiger partial charge on any atom is -0.382 e. The second kappa shape index (κ2) is 8.56. The second-order valence-corrected chi connectivity index (χ2v) is 20.1. The first-order chi connectivity index (χ1) is 28.6. The van der Waals surface area contributed by atoms with Crippen molar-refractivity contribution in [1.29, 1.82) is 0 Å². The predicted molar refractivity (Wildman–Crippen MR) is 238 cm³/mol. The molecule has 18 rings (SSSR count). The number of hydrogen-bond donors (Lipinski definition) is 0. The molecular weight excluding hydrogens is 709 g/mol. The molecule has 4 nitrogen and oxygen atoms in total. The zero-order valence-electron chi connectivity index (χ0n) is 32.9. The molecule has 4 unspecified atom stereocenters. The van der Waals surface area contributed by atoms with Gasteiger partial charge in [0.05, 0.1) is 19.8 Å². The molecule has 6 aliphatic carbocycles. The van der Waals surface area contributed by atoms with Gasteiger partial charge < -0.3 is 14.4 Å². The van der Waals surface area contributed by atoms with E-state index in [-0.39, 0.29) is 11.5 Å². The number of ether oxygens (including phenoxy) is 2. The molecule has 276 valence electrons. The zero-order valence-corrected chi connectivity index (χ0v) is 32.9. The average Bonchev–Trinajstić information content (AvgIpc) is 4.08. The Kier molecular flexibility index (Phi) is 4.28. The third kappa shape index (κ3) is 2.53. The summed E-state index contributed by atoms with van der Waals surface area (Å²) < 4.78 is 11.8. The van der Waals surface area contributed by atoms with Crippen LogP contribution in [0.2, 0.25) is 0 Å². The molecule has 1 spiro atoms. The maximum Gasteiger partial charge on any atom is 0.0700 e. The van der Waals surface area contributed by atoms with E-state index in [0.29, 0.717) is 31.0 Å². The molecule has 4 heteroatoms. The third-order valence-corrected chi connectivity index (χ3v) is 18.0. The Bertz CT molecular complexity index is 4060. The van der Waals surface area contributed by atoms with Gasteiger partial charge in [-0.25, -0.2) is 0 Å². The van der Waals surface area contributed by atoms with E-state index in [0.717, 1.165) is 32.5 Å². The summed E-state index contributed by atoms with van der Waals surface area (Å²) in [6.07, 6.45) is 6.25. The van der Waals surface area contributed by atoms with E-state index in [1.165, 1.54) is 39.0 Å². The van der Waals surface area contributed by atoms with Gasteiger partial charge in [-0.2, -0.15) is 0 Å². The van der Waals surface area contributed by atoms with E-state index in [1.54, 1.807) is 126 Å². The largest absolute Gasteiger partial charge is 0.382 e. The van der Waals surface area contributed by atoms with E-state index >= 15 is 0 Å². The predicted octanol–water partition coefficient (Wildman–Crippen LogP) is 7.86. The minimum atomic E-state index is 0.0563. The number of likely N-dealkylation sites (tertiary alicyclic amines) is 1. The smallest absolute Gasteiger partial charge is 0.0700 e. The van der Waals surface area contributed by atoms with E-state index in [2.05, 4.69) is 78.5 Å². The van der Waals surface area contributed by atoms with Crippen LogP contribution in [-0.4, -0.2) is 59.0 Å². The normalized spacial score (nSPS) is 26.4. The molecule has 7 aliphatic rings. The van der Waals surface area contributed by atoms with Crippen LogP contribution in [0, 0.1) is 17.3 Å². The number of methoxy groups -OCH3 is 1. The van der Waals surface area contributed by atoms with E-state index in [1.807, 2.05) is 5.57 Å². The third-order valence-electron chi connectivity index (χ3n) is 18.0. The van der Waals surface area contributed by atoms with Crippen LogP contribution in [0.5, 0.6) is 0 Å². The quantitative estimate of drug-likeness (QED) is 0.117. The van der Waals surface area contributed by atoms with Gasteiger partial charge in [0.1, 0.15) is 0 Å². The Morgan fingerprint density at radius 3 is 2.31 bits per heavy atom. The lowest BCUT2D eigenvalue weighted by Crippen LogP contribution is -2.47. The highest BCUT2D eigenvalue weighted by Crippen LogP contribution is 2.73. The highest BCUT2D eigenvalue weighted by Gasteiger charge is 2.65. The van der Waals surface area contributed by atoms with Crippen LogP contribution >= 0.6 is 0 Å². The molecule has 11 aromatic carbocycles. The molecule has 5 atom stereocenters. The number of benzene rings is 7. The molecule has 11 aromatic rings. The van der Waals surface area contributed by atoms with E-state index in [4.69, 9.17) is 9.47 Å². The number of rotatable bonds is 8. The summed E-state index contributed by atoms with van der Waals surface area (Å²) in [5.41, 5.74) is 11.5. The lowest BCUT2D eigenvalue weighted by Gasteiger charge is -2.42. The summed E-state index contributed by atoms with van der Waals surface area (Å²) in [6, 6.07) is 20.1. The van der Waals surface area contributed by atoms with Crippen molar-refractivity contribution in [2.24, 2.45) is 17.3 Å². The van der Waals surface area contributed by atoms with Gasteiger partial charge in [-0.05, 0) is 190 Å². The van der Waals surface area contributed by atoms with E-state index in [9.17, 15) is 0 Å². The van der Waals surface area contributed by atoms with Crippen LogP contribution in [-0.2, 0) is 15.9 Å². The van der Waals surface area contributed by atoms with Crippen LogP contribution < -0.4 is 25.8 Å². The van der Waals surface area contributed by atoms with Crippen molar-refractivity contribution in [3.05, 3.63) is 86.1 Å². The number of para-hydroxylation sites is 1. The maximum absolute atomic E-state index is 6.34. The fourth-order valence-corrected chi connectivity index (χ4v) is 16.9. The van der Waals surface area contributed by atoms with Gasteiger partial charge in [0.15, 0.2) is 0 Å². The lowest BCUT2D eigenvalue weighted by molar-refractivity contribution is 0.0539. The molecule has 1 heterocycles.